The number of nitrogens with one attached hydrogen (secondary N) is 2. The lowest BCUT2D eigenvalue weighted by Gasteiger charge is -2.04. The van der Waals surface area contributed by atoms with E-state index in [9.17, 15) is 0 Å². The molecule has 0 amide bonds. The monoisotopic (exact) mass is 210 g/mol. The van der Waals surface area contributed by atoms with Gasteiger partial charge in [-0.2, -0.15) is 0 Å². The van der Waals surface area contributed by atoms with Crippen molar-refractivity contribution < 1.29 is 4.42 Å². The zero-order chi connectivity index (χ0) is 10.9. The van der Waals surface area contributed by atoms with Crippen molar-refractivity contribution in [3.63, 3.8) is 0 Å². The summed E-state index contributed by atoms with van der Waals surface area (Å²) >= 11 is 0. The van der Waals surface area contributed by atoms with Gasteiger partial charge in [0.2, 0.25) is 0 Å². The molecule has 0 radical (unpaired) electrons. The van der Waals surface area contributed by atoms with Crippen molar-refractivity contribution in [1.29, 1.82) is 0 Å². The average Bonchev–Trinajstić information content (AvgIpc) is 2.70. The smallest absolute Gasteiger partial charge is 0.107 e. The molecule has 3 heteroatoms. The van der Waals surface area contributed by atoms with Gasteiger partial charge >= 0.3 is 0 Å². The van der Waals surface area contributed by atoms with E-state index in [1.165, 1.54) is 12.0 Å². The molecule has 0 spiro atoms. The fourth-order valence-corrected chi connectivity index (χ4v) is 1.57. The third kappa shape index (κ3) is 4.49. The Kier molecular flexibility index (Phi) is 6.12. The number of aryl methyl sites for hydroxylation is 1. The second kappa shape index (κ2) is 7.49. The lowest BCUT2D eigenvalue weighted by Crippen LogP contribution is -2.21. The van der Waals surface area contributed by atoms with E-state index in [4.69, 9.17) is 4.42 Å². The van der Waals surface area contributed by atoms with Gasteiger partial charge in [-0.05, 0) is 32.1 Å². The SMILES string of the molecule is CCNCCCNCc1ccoc1CC. The Hall–Kier alpha value is -0.800. The summed E-state index contributed by atoms with van der Waals surface area (Å²) in [6.45, 7) is 8.38. The van der Waals surface area contributed by atoms with Crippen LogP contribution in [0, 0.1) is 0 Å². The fraction of sp³-hybridized carbons (Fsp3) is 0.667. The van der Waals surface area contributed by atoms with Crippen molar-refractivity contribution in [3.05, 3.63) is 23.7 Å². The molecule has 0 aliphatic carbocycles. The predicted molar refractivity (Wildman–Crippen MR) is 63.0 cm³/mol. The molecule has 86 valence electrons. The van der Waals surface area contributed by atoms with Gasteiger partial charge < -0.3 is 15.1 Å². The molecular weight excluding hydrogens is 188 g/mol. The normalized spacial score (nSPS) is 10.8. The number of hydrogen-bond acceptors (Lipinski definition) is 3. The zero-order valence-electron chi connectivity index (χ0n) is 9.81. The summed E-state index contributed by atoms with van der Waals surface area (Å²) in [7, 11) is 0. The van der Waals surface area contributed by atoms with Gasteiger partial charge in [-0.25, -0.2) is 0 Å². The van der Waals surface area contributed by atoms with Gasteiger partial charge in [0.15, 0.2) is 0 Å². The minimum Gasteiger partial charge on any atom is -0.469 e. The van der Waals surface area contributed by atoms with E-state index in [2.05, 4.69) is 30.5 Å². The summed E-state index contributed by atoms with van der Waals surface area (Å²) < 4.78 is 5.36. The van der Waals surface area contributed by atoms with Gasteiger partial charge in [0.05, 0.1) is 6.26 Å². The highest BCUT2D eigenvalue weighted by Gasteiger charge is 2.02. The quantitative estimate of drug-likeness (QED) is 0.644. The molecule has 1 heterocycles. The van der Waals surface area contributed by atoms with Crippen LogP contribution in [0.5, 0.6) is 0 Å². The Morgan fingerprint density at radius 3 is 2.73 bits per heavy atom. The average molecular weight is 210 g/mol. The molecule has 3 nitrogen and oxygen atoms in total. The Bertz CT molecular complexity index is 258. The maximum atomic E-state index is 5.36. The molecule has 0 bridgehead atoms. The van der Waals surface area contributed by atoms with Gasteiger partial charge in [0, 0.05) is 18.5 Å². The van der Waals surface area contributed by atoms with E-state index in [0.29, 0.717) is 0 Å². The van der Waals surface area contributed by atoms with E-state index in [1.807, 2.05) is 0 Å². The summed E-state index contributed by atoms with van der Waals surface area (Å²) in [5, 5.41) is 6.73. The first-order chi connectivity index (χ1) is 7.38. The standard InChI is InChI=1S/C12H22N2O/c1-3-12-11(6-9-15-12)10-14-8-5-7-13-4-2/h6,9,13-14H,3-5,7-8,10H2,1-2H3. The van der Waals surface area contributed by atoms with Crippen LogP contribution in [-0.4, -0.2) is 19.6 Å². The third-order valence-corrected chi connectivity index (χ3v) is 2.43. The second-order valence-corrected chi connectivity index (χ2v) is 3.61. The highest BCUT2D eigenvalue weighted by Crippen LogP contribution is 2.10. The molecule has 15 heavy (non-hydrogen) atoms. The number of hydrogen-bond donors (Lipinski definition) is 2. The van der Waals surface area contributed by atoms with Crippen molar-refractivity contribution in [2.75, 3.05) is 19.6 Å². The Morgan fingerprint density at radius 2 is 2.00 bits per heavy atom. The van der Waals surface area contributed by atoms with Crippen LogP contribution in [-0.2, 0) is 13.0 Å². The van der Waals surface area contributed by atoms with Gasteiger partial charge in [-0.15, -0.1) is 0 Å². The minimum absolute atomic E-state index is 0.922. The van der Waals surface area contributed by atoms with E-state index in [0.717, 1.165) is 38.4 Å². The third-order valence-electron chi connectivity index (χ3n) is 2.43. The Labute approximate surface area is 92.2 Å². The van der Waals surface area contributed by atoms with E-state index in [1.54, 1.807) is 6.26 Å². The van der Waals surface area contributed by atoms with Crippen LogP contribution in [0.3, 0.4) is 0 Å². The molecule has 1 aromatic heterocycles. The molecule has 0 saturated heterocycles. The van der Waals surface area contributed by atoms with Crippen LogP contribution in [0.15, 0.2) is 16.7 Å². The largest absolute Gasteiger partial charge is 0.469 e. The van der Waals surface area contributed by atoms with E-state index >= 15 is 0 Å². The van der Waals surface area contributed by atoms with Crippen LogP contribution in [0.25, 0.3) is 0 Å². The first-order valence-electron chi connectivity index (χ1n) is 5.85. The Morgan fingerprint density at radius 1 is 1.20 bits per heavy atom. The van der Waals surface area contributed by atoms with Crippen LogP contribution in [0.2, 0.25) is 0 Å². The minimum atomic E-state index is 0.922. The number of furan rings is 1. The molecule has 0 aromatic carbocycles. The van der Waals surface area contributed by atoms with Crippen molar-refractivity contribution >= 4 is 0 Å². The zero-order valence-corrected chi connectivity index (χ0v) is 9.81. The van der Waals surface area contributed by atoms with Crippen molar-refractivity contribution in [3.8, 4) is 0 Å². The van der Waals surface area contributed by atoms with Gasteiger partial charge in [-0.1, -0.05) is 13.8 Å². The lowest BCUT2D eigenvalue weighted by molar-refractivity contribution is 0.507. The van der Waals surface area contributed by atoms with Crippen molar-refractivity contribution in [1.82, 2.24) is 10.6 Å². The first kappa shape index (κ1) is 12.3. The van der Waals surface area contributed by atoms with Crippen molar-refractivity contribution in [2.24, 2.45) is 0 Å². The van der Waals surface area contributed by atoms with Crippen molar-refractivity contribution in [2.45, 2.75) is 33.2 Å². The molecule has 0 unspecified atom stereocenters. The highest BCUT2D eigenvalue weighted by atomic mass is 16.3. The number of rotatable bonds is 8. The first-order valence-corrected chi connectivity index (χ1v) is 5.85. The molecular formula is C12H22N2O. The predicted octanol–water partition coefficient (Wildman–Crippen LogP) is 1.93. The summed E-state index contributed by atoms with van der Waals surface area (Å²) in [4.78, 5) is 0. The second-order valence-electron chi connectivity index (χ2n) is 3.61. The molecule has 0 aliphatic heterocycles. The van der Waals surface area contributed by atoms with Gasteiger partial charge in [0.1, 0.15) is 5.76 Å². The topological polar surface area (TPSA) is 37.2 Å². The lowest BCUT2D eigenvalue weighted by atomic mass is 10.2. The summed E-state index contributed by atoms with van der Waals surface area (Å²) in [5.41, 5.74) is 1.29. The Balaban J connectivity index is 2.09. The maximum Gasteiger partial charge on any atom is 0.107 e. The maximum absolute atomic E-state index is 5.36. The van der Waals surface area contributed by atoms with Gasteiger partial charge in [-0.3, -0.25) is 0 Å². The molecule has 1 aromatic rings. The van der Waals surface area contributed by atoms with E-state index in [-0.39, 0.29) is 0 Å². The van der Waals surface area contributed by atoms with Crippen LogP contribution < -0.4 is 10.6 Å². The fourth-order valence-electron chi connectivity index (χ4n) is 1.57. The highest BCUT2D eigenvalue weighted by molar-refractivity contribution is 5.16. The summed E-state index contributed by atoms with van der Waals surface area (Å²) in [5.74, 6) is 1.11. The van der Waals surface area contributed by atoms with Crippen LogP contribution in [0.4, 0.5) is 0 Å². The van der Waals surface area contributed by atoms with E-state index < -0.39 is 0 Å². The van der Waals surface area contributed by atoms with Gasteiger partial charge in [0.25, 0.3) is 0 Å². The molecule has 0 fully saturated rings. The molecule has 1 rings (SSSR count). The molecule has 2 N–H and O–H groups in total. The van der Waals surface area contributed by atoms with Crippen LogP contribution in [0.1, 0.15) is 31.6 Å². The van der Waals surface area contributed by atoms with Crippen LogP contribution >= 0.6 is 0 Å². The summed E-state index contributed by atoms with van der Waals surface area (Å²) in [6.07, 6.45) is 3.92. The summed E-state index contributed by atoms with van der Waals surface area (Å²) in [6, 6.07) is 2.05. The molecule has 0 aliphatic rings. The molecule has 0 atom stereocenters. The molecule has 0 saturated carbocycles.